The van der Waals surface area contributed by atoms with Crippen molar-refractivity contribution in [3.8, 4) is 0 Å². The van der Waals surface area contributed by atoms with Crippen LogP contribution >= 0.6 is 11.6 Å². The van der Waals surface area contributed by atoms with Crippen LogP contribution in [0.2, 0.25) is 5.02 Å². The summed E-state index contributed by atoms with van der Waals surface area (Å²) in [6.45, 7) is 7.10. The molecule has 0 heterocycles. The van der Waals surface area contributed by atoms with Crippen molar-refractivity contribution >= 4 is 17.5 Å². The number of hydrogen-bond acceptors (Lipinski definition) is 2. The first-order valence-electron chi connectivity index (χ1n) is 7.40. The number of carbonyl (C=O) groups is 1. The quantitative estimate of drug-likeness (QED) is 0.895. The second kappa shape index (κ2) is 5.29. The third kappa shape index (κ3) is 2.95. The average molecular weight is 310 g/mol. The molecule has 0 aliphatic heterocycles. The Morgan fingerprint density at radius 3 is 2.33 bits per heavy atom. The largest absolute Gasteiger partial charge is 0.388 e. The van der Waals surface area contributed by atoms with Gasteiger partial charge in [-0.25, -0.2) is 0 Å². The van der Waals surface area contributed by atoms with Gasteiger partial charge < -0.3 is 10.4 Å². The van der Waals surface area contributed by atoms with E-state index >= 15 is 0 Å². The highest BCUT2D eigenvalue weighted by molar-refractivity contribution is 6.30. The van der Waals surface area contributed by atoms with Crippen molar-refractivity contribution in [2.24, 2.45) is 0 Å². The van der Waals surface area contributed by atoms with E-state index in [9.17, 15) is 9.90 Å². The van der Waals surface area contributed by atoms with E-state index in [1.54, 1.807) is 13.8 Å². The standard InChI is InChI=1S/C17H24ClNO2/c1-15(2,16(3,4)21)19-14(20)17(9-6-10-17)12-7-5-8-13(18)11-12/h5,7-8,11,21H,6,9-10H2,1-4H3,(H,19,20). The minimum absolute atomic E-state index is 0.0249. The fraction of sp³-hybridized carbons (Fsp3) is 0.588. The molecular formula is C17H24ClNO2. The van der Waals surface area contributed by atoms with Crippen LogP contribution in [-0.2, 0) is 10.2 Å². The third-order valence-corrected chi connectivity index (χ3v) is 5.21. The lowest BCUT2D eigenvalue weighted by molar-refractivity contribution is -0.135. The molecule has 4 heteroatoms. The summed E-state index contributed by atoms with van der Waals surface area (Å²) in [6, 6.07) is 7.53. The lowest BCUT2D eigenvalue weighted by Gasteiger charge is -2.45. The highest BCUT2D eigenvalue weighted by atomic mass is 35.5. The Morgan fingerprint density at radius 1 is 1.29 bits per heavy atom. The first kappa shape index (κ1) is 16.3. The average Bonchev–Trinajstić information content (AvgIpc) is 2.24. The highest BCUT2D eigenvalue weighted by Gasteiger charge is 2.48. The zero-order valence-electron chi connectivity index (χ0n) is 13.2. The summed E-state index contributed by atoms with van der Waals surface area (Å²) in [5.41, 5.74) is -1.24. The molecule has 21 heavy (non-hydrogen) atoms. The molecule has 3 nitrogen and oxygen atoms in total. The van der Waals surface area contributed by atoms with E-state index < -0.39 is 16.6 Å². The molecule has 1 fully saturated rings. The number of amides is 1. The lowest BCUT2D eigenvalue weighted by Crippen LogP contribution is -2.62. The molecule has 1 aromatic rings. The van der Waals surface area contributed by atoms with Gasteiger partial charge in [0.15, 0.2) is 0 Å². The van der Waals surface area contributed by atoms with Crippen molar-refractivity contribution in [3.05, 3.63) is 34.9 Å². The van der Waals surface area contributed by atoms with Crippen molar-refractivity contribution < 1.29 is 9.90 Å². The summed E-state index contributed by atoms with van der Waals surface area (Å²) in [5.74, 6) is -0.0249. The predicted octanol–water partition coefficient (Wildman–Crippen LogP) is 3.43. The highest BCUT2D eigenvalue weighted by Crippen LogP contribution is 2.45. The van der Waals surface area contributed by atoms with Crippen LogP contribution in [0, 0.1) is 0 Å². The molecule has 0 unspecified atom stereocenters. The lowest BCUT2D eigenvalue weighted by atomic mass is 9.63. The maximum Gasteiger partial charge on any atom is 0.231 e. The summed E-state index contributed by atoms with van der Waals surface area (Å²) in [6.07, 6.45) is 2.67. The Hall–Kier alpha value is -1.06. The molecule has 0 aromatic heterocycles. The summed E-state index contributed by atoms with van der Waals surface area (Å²) in [5, 5.41) is 13.9. The number of rotatable bonds is 4. The molecule has 0 saturated heterocycles. The number of halogens is 1. The Balaban J connectivity index is 2.28. The fourth-order valence-corrected chi connectivity index (χ4v) is 2.71. The smallest absolute Gasteiger partial charge is 0.231 e. The molecule has 0 bridgehead atoms. The zero-order chi connectivity index (χ0) is 15.9. The van der Waals surface area contributed by atoms with Gasteiger partial charge in [-0.2, -0.15) is 0 Å². The molecule has 1 saturated carbocycles. The van der Waals surface area contributed by atoms with Crippen molar-refractivity contribution in [1.29, 1.82) is 0 Å². The first-order chi connectivity index (χ1) is 9.58. The fourth-order valence-electron chi connectivity index (χ4n) is 2.52. The normalized spacial score (nSPS) is 18.0. The van der Waals surface area contributed by atoms with Gasteiger partial charge in [-0.3, -0.25) is 4.79 Å². The van der Waals surface area contributed by atoms with E-state index in [0.717, 1.165) is 24.8 Å². The van der Waals surface area contributed by atoms with Gasteiger partial charge in [-0.15, -0.1) is 0 Å². The van der Waals surface area contributed by atoms with Crippen molar-refractivity contribution in [2.75, 3.05) is 0 Å². The van der Waals surface area contributed by atoms with Gasteiger partial charge >= 0.3 is 0 Å². The third-order valence-electron chi connectivity index (χ3n) is 4.97. The van der Waals surface area contributed by atoms with Crippen molar-refractivity contribution in [2.45, 2.75) is 63.5 Å². The maximum absolute atomic E-state index is 12.9. The predicted molar refractivity (Wildman–Crippen MR) is 85.5 cm³/mol. The minimum Gasteiger partial charge on any atom is -0.388 e. The Kier molecular flexibility index (Phi) is 4.11. The molecule has 0 radical (unpaired) electrons. The summed E-state index contributed by atoms with van der Waals surface area (Å²) >= 11 is 6.07. The van der Waals surface area contributed by atoms with Gasteiger partial charge in [-0.05, 0) is 58.2 Å². The van der Waals surface area contributed by atoms with Gasteiger partial charge in [0.2, 0.25) is 5.91 Å². The van der Waals surface area contributed by atoms with E-state index in [0.29, 0.717) is 5.02 Å². The number of carbonyl (C=O) groups excluding carboxylic acids is 1. The van der Waals surface area contributed by atoms with Crippen LogP contribution < -0.4 is 5.32 Å². The SMILES string of the molecule is CC(C)(O)C(C)(C)NC(=O)C1(c2cccc(Cl)c2)CCC1. The molecule has 0 spiro atoms. The first-order valence-corrected chi connectivity index (χ1v) is 7.77. The number of aliphatic hydroxyl groups is 1. The summed E-state index contributed by atoms with van der Waals surface area (Å²) in [4.78, 5) is 12.9. The molecule has 116 valence electrons. The van der Waals surface area contributed by atoms with Crippen molar-refractivity contribution in [3.63, 3.8) is 0 Å². The zero-order valence-corrected chi connectivity index (χ0v) is 13.9. The molecule has 2 rings (SSSR count). The van der Waals surface area contributed by atoms with Gasteiger partial charge in [-0.1, -0.05) is 30.2 Å². The second-order valence-electron chi connectivity index (χ2n) is 7.08. The number of nitrogens with one attached hydrogen (secondary N) is 1. The molecule has 2 N–H and O–H groups in total. The van der Waals surface area contributed by atoms with Gasteiger partial charge in [0.1, 0.15) is 0 Å². The maximum atomic E-state index is 12.9. The molecule has 1 aliphatic carbocycles. The van der Waals surface area contributed by atoms with Crippen LogP contribution in [0.4, 0.5) is 0 Å². The minimum atomic E-state index is -0.998. The van der Waals surface area contributed by atoms with Crippen molar-refractivity contribution in [1.82, 2.24) is 5.32 Å². The summed E-state index contributed by atoms with van der Waals surface area (Å²) < 4.78 is 0. The van der Waals surface area contributed by atoms with E-state index in [2.05, 4.69) is 5.32 Å². The van der Waals surface area contributed by atoms with Crippen LogP contribution in [0.25, 0.3) is 0 Å². The molecule has 1 amide bonds. The molecular weight excluding hydrogens is 286 g/mol. The van der Waals surface area contributed by atoms with E-state index in [-0.39, 0.29) is 5.91 Å². The van der Waals surface area contributed by atoms with E-state index in [4.69, 9.17) is 11.6 Å². The van der Waals surface area contributed by atoms with E-state index in [1.807, 2.05) is 38.1 Å². The molecule has 1 aromatic carbocycles. The Morgan fingerprint density at radius 2 is 1.90 bits per heavy atom. The number of hydrogen-bond donors (Lipinski definition) is 2. The van der Waals surface area contributed by atoms with Gasteiger partial charge in [0, 0.05) is 5.02 Å². The Bertz CT molecular complexity index is 542. The summed E-state index contributed by atoms with van der Waals surface area (Å²) in [7, 11) is 0. The van der Waals surface area contributed by atoms with Crippen LogP contribution in [0.5, 0.6) is 0 Å². The monoisotopic (exact) mass is 309 g/mol. The topological polar surface area (TPSA) is 49.3 Å². The number of benzene rings is 1. The van der Waals surface area contributed by atoms with Crippen LogP contribution in [-0.4, -0.2) is 22.2 Å². The molecule has 0 atom stereocenters. The Labute approximate surface area is 131 Å². The van der Waals surface area contributed by atoms with Crippen LogP contribution in [0.1, 0.15) is 52.5 Å². The second-order valence-corrected chi connectivity index (χ2v) is 7.52. The van der Waals surface area contributed by atoms with E-state index in [1.165, 1.54) is 0 Å². The van der Waals surface area contributed by atoms with Gasteiger partial charge in [0.05, 0.1) is 16.6 Å². The molecule has 1 aliphatic rings. The van der Waals surface area contributed by atoms with Crippen LogP contribution in [0.3, 0.4) is 0 Å². The van der Waals surface area contributed by atoms with Gasteiger partial charge in [0.25, 0.3) is 0 Å². The van der Waals surface area contributed by atoms with Crippen LogP contribution in [0.15, 0.2) is 24.3 Å².